The Hall–Kier alpha value is -2.64. The maximum Gasteiger partial charge on any atom is 0.325 e. The summed E-state index contributed by atoms with van der Waals surface area (Å²) >= 11 is 6.36. The lowest BCUT2D eigenvalue weighted by atomic mass is 10.1. The molecule has 0 spiro atoms. The van der Waals surface area contributed by atoms with Crippen molar-refractivity contribution in [1.29, 1.82) is 0 Å². The SMILES string of the molecule is COC(=O)CN1C(=O)/C(=C/c2ccc(OCc3cccc(C)c3)cc2)SC1=S. The van der Waals surface area contributed by atoms with Crippen molar-refractivity contribution in [3.8, 4) is 5.75 Å². The Labute approximate surface area is 173 Å². The fourth-order valence-corrected chi connectivity index (χ4v) is 3.87. The van der Waals surface area contributed by atoms with Gasteiger partial charge < -0.3 is 9.47 Å². The summed E-state index contributed by atoms with van der Waals surface area (Å²) in [5, 5.41) is 0. The zero-order valence-electron chi connectivity index (χ0n) is 15.5. The quantitative estimate of drug-likeness (QED) is 0.406. The Bertz CT molecular complexity index is 938. The summed E-state index contributed by atoms with van der Waals surface area (Å²) in [7, 11) is 1.28. The van der Waals surface area contributed by atoms with E-state index in [1.807, 2.05) is 49.4 Å². The van der Waals surface area contributed by atoms with Gasteiger partial charge in [-0.05, 0) is 36.3 Å². The van der Waals surface area contributed by atoms with Gasteiger partial charge >= 0.3 is 5.97 Å². The van der Waals surface area contributed by atoms with E-state index in [0.717, 1.165) is 16.9 Å². The minimum Gasteiger partial charge on any atom is -0.489 e. The minimum absolute atomic E-state index is 0.176. The Morgan fingerprint density at radius 2 is 1.96 bits per heavy atom. The molecule has 0 aliphatic carbocycles. The molecule has 2 aromatic carbocycles. The number of rotatable bonds is 6. The van der Waals surface area contributed by atoms with Crippen LogP contribution in [0.2, 0.25) is 0 Å². The van der Waals surface area contributed by atoms with Crippen molar-refractivity contribution in [3.63, 3.8) is 0 Å². The van der Waals surface area contributed by atoms with E-state index in [0.29, 0.717) is 15.8 Å². The van der Waals surface area contributed by atoms with E-state index in [9.17, 15) is 9.59 Å². The number of nitrogens with zero attached hydrogens (tertiary/aromatic N) is 1. The average Bonchev–Trinajstić information content (AvgIpc) is 2.94. The third-order valence-electron chi connectivity index (χ3n) is 4.05. The summed E-state index contributed by atoms with van der Waals surface area (Å²) in [5.41, 5.74) is 3.15. The van der Waals surface area contributed by atoms with Crippen molar-refractivity contribution in [3.05, 3.63) is 70.1 Å². The number of methoxy groups -OCH3 is 1. The second kappa shape index (κ2) is 9.03. The monoisotopic (exact) mass is 413 g/mol. The normalized spacial score (nSPS) is 15.2. The second-order valence-corrected chi connectivity index (χ2v) is 7.87. The van der Waals surface area contributed by atoms with Crippen LogP contribution in [0.4, 0.5) is 0 Å². The van der Waals surface area contributed by atoms with E-state index in [1.54, 1.807) is 6.08 Å². The van der Waals surface area contributed by atoms with Gasteiger partial charge in [0.1, 0.15) is 23.2 Å². The Kier molecular flexibility index (Phi) is 6.49. The maximum atomic E-state index is 12.4. The molecule has 0 aromatic heterocycles. The Morgan fingerprint density at radius 1 is 1.21 bits per heavy atom. The van der Waals surface area contributed by atoms with E-state index in [4.69, 9.17) is 17.0 Å². The predicted octanol–water partition coefficient (Wildman–Crippen LogP) is 3.95. The molecule has 0 radical (unpaired) electrons. The topological polar surface area (TPSA) is 55.8 Å². The summed E-state index contributed by atoms with van der Waals surface area (Å²) in [4.78, 5) is 25.6. The van der Waals surface area contributed by atoms with E-state index in [2.05, 4.69) is 10.8 Å². The van der Waals surface area contributed by atoms with Crippen molar-refractivity contribution >= 4 is 46.3 Å². The number of aryl methyl sites for hydroxylation is 1. The van der Waals surface area contributed by atoms with Gasteiger partial charge in [-0.3, -0.25) is 14.5 Å². The molecule has 1 aliphatic rings. The fourth-order valence-electron chi connectivity index (χ4n) is 2.61. The first-order valence-electron chi connectivity index (χ1n) is 8.57. The molecule has 0 atom stereocenters. The number of ether oxygens (including phenoxy) is 2. The molecule has 0 saturated carbocycles. The van der Waals surface area contributed by atoms with Crippen LogP contribution in [0.5, 0.6) is 5.75 Å². The van der Waals surface area contributed by atoms with Crippen LogP contribution in [0.15, 0.2) is 53.4 Å². The zero-order valence-corrected chi connectivity index (χ0v) is 17.1. The molecule has 1 heterocycles. The van der Waals surface area contributed by atoms with Crippen LogP contribution in [0.3, 0.4) is 0 Å². The second-order valence-electron chi connectivity index (χ2n) is 6.19. The average molecular weight is 414 g/mol. The number of hydrogen-bond donors (Lipinski definition) is 0. The van der Waals surface area contributed by atoms with E-state index < -0.39 is 5.97 Å². The highest BCUT2D eigenvalue weighted by Crippen LogP contribution is 2.32. The van der Waals surface area contributed by atoms with Crippen molar-refractivity contribution in [1.82, 2.24) is 4.90 Å². The molecule has 7 heteroatoms. The number of esters is 1. The van der Waals surface area contributed by atoms with Crippen LogP contribution in [0, 0.1) is 6.92 Å². The lowest BCUT2D eigenvalue weighted by Crippen LogP contribution is -2.33. The standard InChI is InChI=1S/C21H19NO4S2/c1-14-4-3-5-16(10-14)13-26-17-8-6-15(7-9-17)11-18-20(24)22(21(27)28-18)12-19(23)25-2/h3-11H,12-13H2,1-2H3/b18-11-. The molecule has 1 fully saturated rings. The maximum absolute atomic E-state index is 12.4. The molecule has 3 rings (SSSR count). The van der Waals surface area contributed by atoms with E-state index in [-0.39, 0.29) is 12.5 Å². The first kappa shape index (κ1) is 20.1. The Balaban J connectivity index is 1.64. The first-order chi connectivity index (χ1) is 13.5. The minimum atomic E-state index is -0.507. The highest BCUT2D eigenvalue weighted by Gasteiger charge is 2.33. The lowest BCUT2D eigenvalue weighted by Gasteiger charge is -2.11. The van der Waals surface area contributed by atoms with Gasteiger partial charge in [-0.2, -0.15) is 0 Å². The number of benzene rings is 2. The Morgan fingerprint density at radius 3 is 2.64 bits per heavy atom. The van der Waals surface area contributed by atoms with E-state index in [1.165, 1.54) is 29.3 Å². The van der Waals surface area contributed by atoms with Crippen molar-refractivity contribution < 1.29 is 19.1 Å². The van der Waals surface area contributed by atoms with Crippen LogP contribution in [0.25, 0.3) is 6.08 Å². The van der Waals surface area contributed by atoms with Gasteiger partial charge in [-0.15, -0.1) is 0 Å². The lowest BCUT2D eigenvalue weighted by molar-refractivity contribution is -0.143. The number of amides is 1. The van der Waals surface area contributed by atoms with Crippen LogP contribution in [0.1, 0.15) is 16.7 Å². The number of hydrogen-bond acceptors (Lipinski definition) is 6. The van der Waals surface area contributed by atoms with Crippen LogP contribution in [-0.2, 0) is 20.9 Å². The third-order valence-corrected chi connectivity index (χ3v) is 5.43. The molecule has 5 nitrogen and oxygen atoms in total. The highest BCUT2D eigenvalue weighted by molar-refractivity contribution is 8.26. The van der Waals surface area contributed by atoms with Gasteiger partial charge in [0.2, 0.25) is 0 Å². The van der Waals surface area contributed by atoms with Gasteiger partial charge in [-0.1, -0.05) is 65.9 Å². The summed E-state index contributed by atoms with van der Waals surface area (Å²) in [5.74, 6) is -0.0512. The number of carbonyl (C=O) groups excluding carboxylic acids is 2. The van der Waals surface area contributed by atoms with Crippen molar-refractivity contribution in [2.45, 2.75) is 13.5 Å². The van der Waals surface area contributed by atoms with Crippen LogP contribution < -0.4 is 4.74 Å². The largest absolute Gasteiger partial charge is 0.489 e. The van der Waals surface area contributed by atoms with E-state index >= 15 is 0 Å². The predicted molar refractivity (Wildman–Crippen MR) is 114 cm³/mol. The molecule has 1 aliphatic heterocycles. The highest BCUT2D eigenvalue weighted by atomic mass is 32.2. The molecular weight excluding hydrogens is 394 g/mol. The molecule has 0 bridgehead atoms. The van der Waals surface area contributed by atoms with Crippen molar-refractivity contribution in [2.24, 2.45) is 0 Å². The third kappa shape index (κ3) is 4.99. The number of thioether (sulfide) groups is 1. The van der Waals surface area contributed by atoms with Gasteiger partial charge in [0, 0.05) is 0 Å². The van der Waals surface area contributed by atoms with Gasteiger partial charge in [0.25, 0.3) is 5.91 Å². The number of carbonyl (C=O) groups is 2. The number of thiocarbonyl (C=S) groups is 1. The molecule has 0 unspecified atom stereocenters. The fraction of sp³-hybridized carbons (Fsp3) is 0.190. The van der Waals surface area contributed by atoms with Crippen LogP contribution >= 0.6 is 24.0 Å². The zero-order chi connectivity index (χ0) is 20.1. The molecular formula is C21H19NO4S2. The first-order valence-corrected chi connectivity index (χ1v) is 9.79. The molecule has 2 aromatic rings. The molecule has 144 valence electrons. The molecule has 0 N–H and O–H groups in total. The summed E-state index contributed by atoms with van der Waals surface area (Å²) in [6, 6.07) is 15.6. The van der Waals surface area contributed by atoms with Crippen LogP contribution in [-0.4, -0.2) is 34.8 Å². The van der Waals surface area contributed by atoms with Gasteiger partial charge in [-0.25, -0.2) is 0 Å². The summed E-state index contributed by atoms with van der Waals surface area (Å²) in [6.07, 6.45) is 1.75. The molecule has 1 amide bonds. The van der Waals surface area contributed by atoms with Gasteiger partial charge in [0.05, 0.1) is 12.0 Å². The smallest absolute Gasteiger partial charge is 0.325 e. The van der Waals surface area contributed by atoms with Gasteiger partial charge in [0.15, 0.2) is 0 Å². The molecule has 28 heavy (non-hydrogen) atoms. The van der Waals surface area contributed by atoms with Crippen molar-refractivity contribution in [2.75, 3.05) is 13.7 Å². The summed E-state index contributed by atoms with van der Waals surface area (Å²) in [6.45, 7) is 2.36. The molecule has 1 saturated heterocycles. The summed E-state index contributed by atoms with van der Waals surface area (Å²) < 4.78 is 10.8.